The van der Waals surface area contributed by atoms with Crippen LogP contribution in [-0.2, 0) is 21.1 Å². The van der Waals surface area contributed by atoms with Gasteiger partial charge in [0.1, 0.15) is 5.69 Å². The summed E-state index contributed by atoms with van der Waals surface area (Å²) in [6, 6.07) is 7.37. The predicted molar refractivity (Wildman–Crippen MR) is 98.8 cm³/mol. The van der Waals surface area contributed by atoms with Gasteiger partial charge in [-0.1, -0.05) is 0 Å². The van der Waals surface area contributed by atoms with E-state index in [0.717, 1.165) is 11.4 Å². The van der Waals surface area contributed by atoms with Crippen LogP contribution < -0.4 is 5.32 Å². The molecule has 0 aromatic carbocycles. The summed E-state index contributed by atoms with van der Waals surface area (Å²) in [5.74, 6) is 0.838. The largest absolute Gasteiger partial charge is 0.463 e. The molecule has 0 aliphatic carbocycles. The summed E-state index contributed by atoms with van der Waals surface area (Å²) in [6.07, 6.45) is 4.84. The van der Waals surface area contributed by atoms with Gasteiger partial charge in [0.05, 0.1) is 23.5 Å². The molecule has 0 radical (unpaired) electrons. The van der Waals surface area contributed by atoms with Gasteiger partial charge in [-0.15, -0.1) is 0 Å². The minimum Gasteiger partial charge on any atom is -0.463 e. The minimum atomic E-state index is -2.95. The van der Waals surface area contributed by atoms with Crippen LogP contribution in [0.15, 0.2) is 41.1 Å². The highest BCUT2D eigenvalue weighted by atomic mass is 32.2. The van der Waals surface area contributed by atoms with Crippen LogP contribution in [0.25, 0.3) is 17.1 Å². The Hall–Kier alpha value is -2.68. The minimum absolute atomic E-state index is 0.0607. The van der Waals surface area contributed by atoms with Crippen LogP contribution in [0.2, 0.25) is 0 Å². The number of sulfone groups is 1. The van der Waals surface area contributed by atoms with Gasteiger partial charge in [-0.2, -0.15) is 5.10 Å². The molecule has 3 aromatic heterocycles. The van der Waals surface area contributed by atoms with Crippen molar-refractivity contribution in [1.82, 2.24) is 19.9 Å². The van der Waals surface area contributed by atoms with E-state index in [1.165, 1.54) is 0 Å². The monoisotopic (exact) mass is 388 g/mol. The fraction of sp³-hybridized carbons (Fsp3) is 0.389. The Balaban J connectivity index is 1.32. The molecule has 1 aliphatic heterocycles. The van der Waals surface area contributed by atoms with E-state index in [1.807, 2.05) is 30.5 Å². The smallest absolute Gasteiger partial charge is 0.220 e. The topological polar surface area (TPSA) is 107 Å². The fourth-order valence-corrected chi connectivity index (χ4v) is 5.17. The van der Waals surface area contributed by atoms with Gasteiger partial charge < -0.3 is 9.73 Å². The number of carbonyl (C=O) groups is 1. The number of aromatic nitrogens is 3. The lowest BCUT2D eigenvalue weighted by Gasteiger charge is -2.07. The maximum absolute atomic E-state index is 12.0. The number of carbonyl (C=O) groups excluding carboxylic acids is 1. The van der Waals surface area contributed by atoms with E-state index in [-0.39, 0.29) is 29.8 Å². The first-order chi connectivity index (χ1) is 13.0. The van der Waals surface area contributed by atoms with Gasteiger partial charge in [0.2, 0.25) is 5.91 Å². The van der Waals surface area contributed by atoms with E-state index >= 15 is 0 Å². The normalized spacial score (nSPS) is 18.7. The zero-order valence-electron chi connectivity index (χ0n) is 14.7. The Bertz CT molecular complexity index is 1060. The molecule has 8 nitrogen and oxygen atoms in total. The van der Waals surface area contributed by atoms with Gasteiger partial charge in [-0.05, 0) is 30.5 Å². The third kappa shape index (κ3) is 4.19. The summed E-state index contributed by atoms with van der Waals surface area (Å²) in [4.78, 5) is 16.5. The van der Waals surface area contributed by atoms with E-state index in [4.69, 9.17) is 4.42 Å². The molecule has 4 rings (SSSR count). The molecule has 142 valence electrons. The molecule has 0 saturated carbocycles. The summed E-state index contributed by atoms with van der Waals surface area (Å²) < 4.78 is 29.9. The van der Waals surface area contributed by atoms with Crippen molar-refractivity contribution in [2.24, 2.45) is 5.92 Å². The summed E-state index contributed by atoms with van der Waals surface area (Å²) in [7, 11) is -2.95. The average Bonchev–Trinajstić information content (AvgIpc) is 3.33. The van der Waals surface area contributed by atoms with Crippen LogP contribution >= 0.6 is 0 Å². The number of hydrogen-bond acceptors (Lipinski definition) is 6. The maximum Gasteiger partial charge on any atom is 0.220 e. The molecule has 27 heavy (non-hydrogen) atoms. The molecular formula is C18H20N4O4S. The second-order valence-corrected chi connectivity index (χ2v) is 9.03. The van der Waals surface area contributed by atoms with Crippen molar-refractivity contribution in [3.8, 4) is 11.5 Å². The maximum atomic E-state index is 12.0. The first kappa shape index (κ1) is 17.7. The standard InChI is InChI=1S/C18H20N4O4S/c23-18(10-13-5-9-27(24,25)12-13)19-6-3-14-11-17-20-15(4-7-22(17)21-14)16-2-1-8-26-16/h1-2,4,7-8,11,13H,3,5-6,9-10,12H2,(H,19,23). The molecule has 0 spiro atoms. The SMILES string of the molecule is O=C(CC1CCS(=O)(=O)C1)NCCc1cc2nc(-c3ccco3)ccn2n1. The first-order valence-corrected chi connectivity index (χ1v) is 10.7. The van der Waals surface area contributed by atoms with Crippen LogP contribution in [-0.4, -0.2) is 47.0 Å². The van der Waals surface area contributed by atoms with Crippen LogP contribution in [0.3, 0.4) is 0 Å². The lowest BCUT2D eigenvalue weighted by Crippen LogP contribution is -2.28. The van der Waals surface area contributed by atoms with Crippen LogP contribution in [0.1, 0.15) is 18.5 Å². The summed E-state index contributed by atoms with van der Waals surface area (Å²) in [6.45, 7) is 0.452. The number of fused-ring (bicyclic) bond motifs is 1. The molecule has 0 bridgehead atoms. The molecule has 9 heteroatoms. The molecular weight excluding hydrogens is 368 g/mol. The molecule has 1 N–H and O–H groups in total. The highest BCUT2D eigenvalue weighted by molar-refractivity contribution is 7.91. The quantitative estimate of drug-likeness (QED) is 0.685. The Morgan fingerprint density at radius 1 is 1.37 bits per heavy atom. The van der Waals surface area contributed by atoms with Crippen molar-refractivity contribution in [2.75, 3.05) is 18.1 Å². The number of amides is 1. The van der Waals surface area contributed by atoms with Crippen molar-refractivity contribution in [3.05, 3.63) is 42.4 Å². The van der Waals surface area contributed by atoms with Crippen LogP contribution in [0, 0.1) is 5.92 Å². The second-order valence-electron chi connectivity index (χ2n) is 6.80. The van der Waals surface area contributed by atoms with Gasteiger partial charge in [0, 0.05) is 31.6 Å². The molecule has 3 aromatic rings. The zero-order chi connectivity index (χ0) is 18.9. The fourth-order valence-electron chi connectivity index (χ4n) is 3.31. The van der Waals surface area contributed by atoms with Crippen LogP contribution in [0.4, 0.5) is 0 Å². The van der Waals surface area contributed by atoms with Crippen LogP contribution in [0.5, 0.6) is 0 Å². The Morgan fingerprint density at radius 3 is 3.00 bits per heavy atom. The van der Waals surface area contributed by atoms with Crippen molar-refractivity contribution in [2.45, 2.75) is 19.3 Å². The molecule has 1 unspecified atom stereocenters. The number of rotatable bonds is 6. The van der Waals surface area contributed by atoms with Crippen molar-refractivity contribution < 1.29 is 17.6 Å². The van der Waals surface area contributed by atoms with Crippen molar-refractivity contribution >= 4 is 21.4 Å². The molecule has 1 atom stereocenters. The molecule has 4 heterocycles. The summed E-state index contributed by atoms with van der Waals surface area (Å²) >= 11 is 0. The van der Waals surface area contributed by atoms with E-state index in [9.17, 15) is 13.2 Å². The van der Waals surface area contributed by atoms with E-state index in [1.54, 1.807) is 10.8 Å². The Morgan fingerprint density at radius 2 is 2.26 bits per heavy atom. The zero-order valence-corrected chi connectivity index (χ0v) is 15.5. The van der Waals surface area contributed by atoms with E-state index in [2.05, 4.69) is 15.4 Å². The predicted octanol–water partition coefficient (Wildman–Crippen LogP) is 1.47. The third-order valence-electron chi connectivity index (χ3n) is 4.65. The number of nitrogens with one attached hydrogen (secondary N) is 1. The molecule has 1 amide bonds. The Labute approximate surface area is 156 Å². The third-order valence-corrected chi connectivity index (χ3v) is 6.49. The average molecular weight is 388 g/mol. The van der Waals surface area contributed by atoms with Gasteiger partial charge >= 0.3 is 0 Å². The highest BCUT2D eigenvalue weighted by Gasteiger charge is 2.29. The first-order valence-electron chi connectivity index (χ1n) is 8.85. The second kappa shape index (κ2) is 7.15. The lowest BCUT2D eigenvalue weighted by atomic mass is 10.1. The van der Waals surface area contributed by atoms with Gasteiger partial charge in [-0.3, -0.25) is 4.79 Å². The molecule has 1 aliphatic rings. The van der Waals surface area contributed by atoms with E-state index in [0.29, 0.717) is 30.8 Å². The van der Waals surface area contributed by atoms with Gasteiger partial charge in [0.25, 0.3) is 0 Å². The van der Waals surface area contributed by atoms with Gasteiger partial charge in [-0.25, -0.2) is 17.9 Å². The summed E-state index contributed by atoms with van der Waals surface area (Å²) in [5.41, 5.74) is 2.27. The molecule has 1 fully saturated rings. The van der Waals surface area contributed by atoms with E-state index < -0.39 is 9.84 Å². The van der Waals surface area contributed by atoms with Crippen molar-refractivity contribution in [3.63, 3.8) is 0 Å². The highest BCUT2D eigenvalue weighted by Crippen LogP contribution is 2.21. The van der Waals surface area contributed by atoms with Crippen molar-refractivity contribution in [1.29, 1.82) is 0 Å². The summed E-state index contributed by atoms with van der Waals surface area (Å²) in [5, 5.41) is 7.29. The molecule has 1 saturated heterocycles. The number of hydrogen-bond donors (Lipinski definition) is 1. The lowest BCUT2D eigenvalue weighted by molar-refractivity contribution is -0.121. The van der Waals surface area contributed by atoms with Gasteiger partial charge in [0.15, 0.2) is 21.2 Å². The number of nitrogens with zero attached hydrogens (tertiary/aromatic N) is 3. The number of furan rings is 1. The Kier molecular flexibility index (Phi) is 4.69.